The summed E-state index contributed by atoms with van der Waals surface area (Å²) in [5.41, 5.74) is 2.92. The zero-order valence-electron chi connectivity index (χ0n) is 15.7. The van der Waals surface area contributed by atoms with Gasteiger partial charge < -0.3 is 14.4 Å². The van der Waals surface area contributed by atoms with Gasteiger partial charge in [0.15, 0.2) is 0 Å². The van der Waals surface area contributed by atoms with Crippen LogP contribution in [0.25, 0.3) is 11.0 Å². The minimum absolute atomic E-state index is 0.0942. The highest BCUT2D eigenvalue weighted by Gasteiger charge is 2.43. The highest BCUT2D eigenvalue weighted by Crippen LogP contribution is 2.35. The van der Waals surface area contributed by atoms with Crippen molar-refractivity contribution in [2.75, 3.05) is 31.1 Å². The van der Waals surface area contributed by atoms with Crippen LogP contribution in [0, 0.1) is 11.8 Å². The molecule has 3 aromatic rings. The predicted octanol–water partition coefficient (Wildman–Crippen LogP) is 2.00. The molecule has 2 aliphatic heterocycles. The number of nitrogens with zero attached hydrogens (tertiary/aromatic N) is 6. The molecule has 140 valence electrons. The lowest BCUT2D eigenvalue weighted by Gasteiger charge is -2.23. The fourth-order valence-corrected chi connectivity index (χ4v) is 4.68. The maximum Gasteiger partial charge on any atom is 0.272 e. The number of amides is 1. The number of benzene rings is 1. The molecule has 0 saturated carbocycles. The quantitative estimate of drug-likeness (QED) is 0.713. The van der Waals surface area contributed by atoms with Gasteiger partial charge in [-0.15, -0.1) is 0 Å². The zero-order valence-corrected chi connectivity index (χ0v) is 15.7. The number of hydrogen-bond acceptors (Lipinski definition) is 4. The van der Waals surface area contributed by atoms with Gasteiger partial charge in [0, 0.05) is 57.8 Å². The minimum atomic E-state index is 0.0942. The summed E-state index contributed by atoms with van der Waals surface area (Å²) in [6.07, 6.45) is 1.68. The molecule has 2 saturated heterocycles. The Bertz CT molecular complexity index is 991. The first kappa shape index (κ1) is 16.4. The zero-order chi connectivity index (χ0) is 18.5. The van der Waals surface area contributed by atoms with Crippen molar-refractivity contribution in [3.8, 4) is 0 Å². The molecule has 2 atom stereocenters. The first-order chi connectivity index (χ1) is 13.2. The normalized spacial score (nSPS) is 22.0. The Morgan fingerprint density at radius 1 is 1.11 bits per heavy atom. The standard InChI is InChI=1S/C20H24N6O/c1-3-26-17-7-5-4-6-16(17)22-20(26)25-12-14-10-24(11-15(14)13-25)19(27)18-8-9-21-23(18)2/h4-9,14-15H,3,10-13H2,1-2H3. The lowest BCUT2D eigenvalue weighted by molar-refractivity contribution is 0.0771. The number of imidazole rings is 1. The van der Waals surface area contributed by atoms with Gasteiger partial charge in [0.1, 0.15) is 5.69 Å². The fraction of sp³-hybridized carbons (Fsp3) is 0.450. The fourth-order valence-electron chi connectivity index (χ4n) is 4.68. The number of likely N-dealkylation sites (tertiary alicyclic amines) is 1. The van der Waals surface area contributed by atoms with Crippen molar-refractivity contribution >= 4 is 22.9 Å². The smallest absolute Gasteiger partial charge is 0.272 e. The second-order valence-corrected chi connectivity index (χ2v) is 7.62. The molecule has 4 heterocycles. The van der Waals surface area contributed by atoms with Gasteiger partial charge in [0.2, 0.25) is 5.95 Å². The van der Waals surface area contributed by atoms with Gasteiger partial charge in [-0.2, -0.15) is 5.10 Å². The molecule has 0 radical (unpaired) electrons. The van der Waals surface area contributed by atoms with Crippen molar-refractivity contribution in [1.82, 2.24) is 24.2 Å². The van der Waals surface area contributed by atoms with Crippen LogP contribution in [0.1, 0.15) is 17.4 Å². The molecule has 0 spiro atoms. The van der Waals surface area contributed by atoms with Crippen molar-refractivity contribution in [3.63, 3.8) is 0 Å². The Balaban J connectivity index is 1.34. The number of aromatic nitrogens is 4. The third-order valence-corrected chi connectivity index (χ3v) is 6.05. The Morgan fingerprint density at radius 3 is 2.52 bits per heavy atom. The van der Waals surface area contributed by atoms with Crippen molar-refractivity contribution in [2.24, 2.45) is 18.9 Å². The summed E-state index contributed by atoms with van der Waals surface area (Å²) in [6, 6.07) is 10.1. The van der Waals surface area contributed by atoms with Crippen LogP contribution in [-0.4, -0.2) is 56.3 Å². The largest absolute Gasteiger partial charge is 0.342 e. The average molecular weight is 364 g/mol. The van der Waals surface area contributed by atoms with Crippen molar-refractivity contribution in [1.29, 1.82) is 0 Å². The third kappa shape index (κ3) is 2.52. The van der Waals surface area contributed by atoms with Crippen LogP contribution in [0.3, 0.4) is 0 Å². The van der Waals surface area contributed by atoms with Crippen LogP contribution in [0.15, 0.2) is 36.5 Å². The van der Waals surface area contributed by atoms with Crippen LogP contribution in [0.4, 0.5) is 5.95 Å². The van der Waals surface area contributed by atoms with E-state index in [-0.39, 0.29) is 5.91 Å². The molecule has 0 aliphatic carbocycles. The summed E-state index contributed by atoms with van der Waals surface area (Å²) in [5, 5.41) is 4.12. The highest BCUT2D eigenvalue weighted by molar-refractivity contribution is 5.92. The van der Waals surface area contributed by atoms with Gasteiger partial charge in [0.25, 0.3) is 5.91 Å². The Kier molecular flexibility index (Phi) is 3.70. The monoisotopic (exact) mass is 364 g/mol. The number of fused-ring (bicyclic) bond motifs is 2. The van der Waals surface area contributed by atoms with E-state index in [9.17, 15) is 4.79 Å². The summed E-state index contributed by atoms with van der Waals surface area (Å²) >= 11 is 0. The van der Waals surface area contributed by atoms with Gasteiger partial charge in [-0.3, -0.25) is 9.48 Å². The molecule has 5 rings (SSSR count). The first-order valence-corrected chi connectivity index (χ1v) is 9.63. The van der Waals surface area contributed by atoms with Crippen molar-refractivity contribution in [2.45, 2.75) is 13.5 Å². The van der Waals surface area contributed by atoms with Gasteiger partial charge in [-0.25, -0.2) is 4.98 Å². The van der Waals surface area contributed by atoms with Crippen LogP contribution in [0.2, 0.25) is 0 Å². The molecule has 0 bridgehead atoms. The number of rotatable bonds is 3. The summed E-state index contributed by atoms with van der Waals surface area (Å²) in [4.78, 5) is 22.1. The Labute approximate surface area is 158 Å². The van der Waals surface area contributed by atoms with E-state index in [0.29, 0.717) is 17.5 Å². The van der Waals surface area contributed by atoms with Crippen LogP contribution in [0.5, 0.6) is 0 Å². The molecular formula is C20H24N6O. The summed E-state index contributed by atoms with van der Waals surface area (Å²) in [7, 11) is 1.82. The van der Waals surface area contributed by atoms with Crippen LogP contribution >= 0.6 is 0 Å². The molecule has 2 fully saturated rings. The van der Waals surface area contributed by atoms with Crippen LogP contribution < -0.4 is 4.90 Å². The molecule has 7 heteroatoms. The number of aryl methyl sites for hydroxylation is 2. The molecule has 7 nitrogen and oxygen atoms in total. The summed E-state index contributed by atoms with van der Waals surface area (Å²) in [5.74, 6) is 2.17. The second-order valence-electron chi connectivity index (χ2n) is 7.62. The molecule has 0 N–H and O–H groups in total. The van der Waals surface area contributed by atoms with E-state index in [1.807, 2.05) is 18.0 Å². The Morgan fingerprint density at radius 2 is 1.85 bits per heavy atom. The SMILES string of the molecule is CCn1c(N2CC3CN(C(=O)c4ccnn4C)CC3C2)nc2ccccc21. The topological polar surface area (TPSA) is 59.2 Å². The lowest BCUT2D eigenvalue weighted by atomic mass is 10.0. The number of carbonyl (C=O) groups excluding carboxylic acids is 1. The number of para-hydroxylation sites is 2. The summed E-state index contributed by atoms with van der Waals surface area (Å²) < 4.78 is 3.96. The van der Waals surface area contributed by atoms with Gasteiger partial charge >= 0.3 is 0 Å². The Hall–Kier alpha value is -2.83. The van der Waals surface area contributed by atoms with Gasteiger partial charge in [-0.05, 0) is 25.1 Å². The molecular weight excluding hydrogens is 340 g/mol. The number of anilines is 1. The molecule has 1 amide bonds. The minimum Gasteiger partial charge on any atom is -0.342 e. The molecule has 2 unspecified atom stereocenters. The first-order valence-electron chi connectivity index (χ1n) is 9.63. The average Bonchev–Trinajstić information content (AvgIpc) is 3.41. The van der Waals surface area contributed by atoms with Gasteiger partial charge in [-0.1, -0.05) is 12.1 Å². The maximum atomic E-state index is 12.8. The second kappa shape index (κ2) is 6.11. The van der Waals surface area contributed by atoms with Crippen LogP contribution in [-0.2, 0) is 13.6 Å². The van der Waals surface area contributed by atoms with E-state index in [2.05, 4.69) is 39.7 Å². The van der Waals surface area contributed by atoms with E-state index in [4.69, 9.17) is 4.98 Å². The molecule has 27 heavy (non-hydrogen) atoms. The lowest BCUT2D eigenvalue weighted by Crippen LogP contribution is -2.34. The van der Waals surface area contributed by atoms with Gasteiger partial charge in [0.05, 0.1) is 11.0 Å². The van der Waals surface area contributed by atoms with E-state index >= 15 is 0 Å². The predicted molar refractivity (Wildman–Crippen MR) is 104 cm³/mol. The number of carbonyl (C=O) groups is 1. The molecule has 2 aromatic heterocycles. The molecule has 2 aliphatic rings. The summed E-state index contributed by atoms with van der Waals surface area (Å²) in [6.45, 7) is 6.64. The van der Waals surface area contributed by atoms with Crippen molar-refractivity contribution < 1.29 is 4.79 Å². The maximum absolute atomic E-state index is 12.8. The molecule has 1 aromatic carbocycles. The van der Waals surface area contributed by atoms with E-state index in [1.54, 1.807) is 16.9 Å². The number of hydrogen-bond donors (Lipinski definition) is 0. The highest BCUT2D eigenvalue weighted by atomic mass is 16.2. The van der Waals surface area contributed by atoms with E-state index in [1.165, 1.54) is 5.52 Å². The van der Waals surface area contributed by atoms with E-state index < -0.39 is 0 Å². The van der Waals surface area contributed by atoms with E-state index in [0.717, 1.165) is 44.2 Å². The third-order valence-electron chi connectivity index (χ3n) is 6.05. The van der Waals surface area contributed by atoms with Crippen molar-refractivity contribution in [3.05, 3.63) is 42.2 Å².